The Labute approximate surface area is 135 Å². The molecule has 2 unspecified atom stereocenters. The summed E-state index contributed by atoms with van der Waals surface area (Å²) in [6.07, 6.45) is 1.86. The number of carbonyl (C=O) groups excluding carboxylic acids is 2. The van der Waals surface area contributed by atoms with Gasteiger partial charge in [0.25, 0.3) is 11.8 Å². The maximum Gasteiger partial charge on any atom is 0.262 e. The molecule has 1 fully saturated rings. The van der Waals surface area contributed by atoms with Crippen molar-refractivity contribution in [2.24, 2.45) is 0 Å². The van der Waals surface area contributed by atoms with Crippen LogP contribution in [-0.4, -0.2) is 37.0 Å². The molecule has 7 heteroatoms. The van der Waals surface area contributed by atoms with Gasteiger partial charge in [-0.05, 0) is 44.5 Å². The second kappa shape index (κ2) is 6.98. The minimum atomic E-state index is -0.202. The number of amides is 2. The summed E-state index contributed by atoms with van der Waals surface area (Å²) < 4.78 is 5.28. The number of hydrogen-bond donors (Lipinski definition) is 3. The normalized spacial score (nSPS) is 23.4. The SMILES string of the molecule is CC1CC(NC(=O)c2ccc3c(c2)NC(=O)CO3)CCN1.Cl. The van der Waals surface area contributed by atoms with Crippen LogP contribution in [0.3, 0.4) is 0 Å². The lowest BCUT2D eigenvalue weighted by Gasteiger charge is -2.28. The van der Waals surface area contributed by atoms with Crippen molar-refractivity contribution in [3.63, 3.8) is 0 Å². The number of benzene rings is 1. The van der Waals surface area contributed by atoms with Crippen LogP contribution < -0.4 is 20.7 Å². The van der Waals surface area contributed by atoms with Gasteiger partial charge in [0.2, 0.25) is 0 Å². The van der Waals surface area contributed by atoms with Gasteiger partial charge in [-0.2, -0.15) is 0 Å². The lowest BCUT2D eigenvalue weighted by Crippen LogP contribution is -2.46. The van der Waals surface area contributed by atoms with Crippen molar-refractivity contribution in [2.45, 2.75) is 31.8 Å². The fourth-order valence-corrected chi connectivity index (χ4v) is 2.76. The van der Waals surface area contributed by atoms with Crippen LogP contribution in [0.15, 0.2) is 18.2 Å². The summed E-state index contributed by atoms with van der Waals surface area (Å²) in [5, 5.41) is 9.12. The second-order valence-corrected chi connectivity index (χ2v) is 5.60. The van der Waals surface area contributed by atoms with Gasteiger partial charge in [-0.3, -0.25) is 9.59 Å². The van der Waals surface area contributed by atoms with Crippen molar-refractivity contribution in [3.05, 3.63) is 23.8 Å². The van der Waals surface area contributed by atoms with Gasteiger partial charge in [0.05, 0.1) is 5.69 Å². The van der Waals surface area contributed by atoms with Crippen molar-refractivity contribution in [3.8, 4) is 5.75 Å². The molecule has 3 N–H and O–H groups in total. The summed E-state index contributed by atoms with van der Waals surface area (Å²) >= 11 is 0. The summed E-state index contributed by atoms with van der Waals surface area (Å²) in [6.45, 7) is 3.05. The summed E-state index contributed by atoms with van der Waals surface area (Å²) in [4.78, 5) is 23.6. The standard InChI is InChI=1S/C15H19N3O3.ClH/c1-9-6-11(4-5-16-9)17-15(20)10-2-3-13-12(7-10)18-14(19)8-21-13;/h2-3,7,9,11,16H,4-6,8H2,1H3,(H,17,20)(H,18,19);1H. The van der Waals surface area contributed by atoms with Gasteiger partial charge in [-0.15, -0.1) is 12.4 Å². The number of piperidine rings is 1. The Balaban J connectivity index is 0.00000176. The van der Waals surface area contributed by atoms with Gasteiger partial charge < -0.3 is 20.7 Å². The van der Waals surface area contributed by atoms with Crippen LogP contribution in [0, 0.1) is 0 Å². The average Bonchev–Trinajstić information content (AvgIpc) is 2.46. The Bertz CT molecular complexity index is 579. The molecule has 2 heterocycles. The average molecular weight is 326 g/mol. The third kappa shape index (κ3) is 3.69. The Morgan fingerprint density at radius 3 is 3.00 bits per heavy atom. The topological polar surface area (TPSA) is 79.5 Å². The number of ether oxygens (including phenoxy) is 1. The largest absolute Gasteiger partial charge is 0.482 e. The van der Waals surface area contributed by atoms with Gasteiger partial charge in [0, 0.05) is 17.6 Å². The van der Waals surface area contributed by atoms with E-state index in [2.05, 4.69) is 22.9 Å². The highest BCUT2D eigenvalue weighted by atomic mass is 35.5. The van der Waals surface area contributed by atoms with Crippen molar-refractivity contribution >= 4 is 29.9 Å². The number of rotatable bonds is 2. The molecule has 2 amide bonds. The fraction of sp³-hybridized carbons (Fsp3) is 0.467. The van der Waals surface area contributed by atoms with E-state index in [0.29, 0.717) is 23.0 Å². The number of nitrogens with one attached hydrogen (secondary N) is 3. The summed E-state index contributed by atoms with van der Waals surface area (Å²) in [5.41, 5.74) is 1.09. The maximum atomic E-state index is 12.3. The van der Waals surface area contributed by atoms with E-state index in [9.17, 15) is 9.59 Å². The van der Waals surface area contributed by atoms with Gasteiger partial charge in [0.15, 0.2) is 6.61 Å². The van der Waals surface area contributed by atoms with E-state index in [4.69, 9.17) is 4.74 Å². The molecule has 0 aromatic heterocycles. The van der Waals surface area contributed by atoms with Crippen LogP contribution in [0.25, 0.3) is 0 Å². The van der Waals surface area contributed by atoms with Crippen molar-refractivity contribution in [2.75, 3.05) is 18.5 Å². The minimum absolute atomic E-state index is 0. The molecule has 0 bridgehead atoms. The molecule has 2 aliphatic heterocycles. The first-order valence-electron chi connectivity index (χ1n) is 7.23. The number of halogens is 1. The van der Waals surface area contributed by atoms with E-state index < -0.39 is 0 Å². The Hall–Kier alpha value is -1.79. The molecule has 3 rings (SSSR count). The molecule has 1 aromatic carbocycles. The first kappa shape index (κ1) is 16.6. The van der Waals surface area contributed by atoms with Crippen LogP contribution >= 0.6 is 12.4 Å². The van der Waals surface area contributed by atoms with Crippen molar-refractivity contribution < 1.29 is 14.3 Å². The Morgan fingerprint density at radius 2 is 2.23 bits per heavy atom. The smallest absolute Gasteiger partial charge is 0.262 e. The lowest BCUT2D eigenvalue weighted by molar-refractivity contribution is -0.118. The van der Waals surface area contributed by atoms with Crippen LogP contribution in [0.5, 0.6) is 5.75 Å². The maximum absolute atomic E-state index is 12.3. The zero-order valence-corrected chi connectivity index (χ0v) is 13.2. The predicted octanol–water partition coefficient (Wildman–Crippen LogP) is 1.31. The van der Waals surface area contributed by atoms with Gasteiger partial charge >= 0.3 is 0 Å². The number of fused-ring (bicyclic) bond motifs is 1. The van der Waals surface area contributed by atoms with Crippen LogP contribution in [0.1, 0.15) is 30.1 Å². The first-order chi connectivity index (χ1) is 10.1. The predicted molar refractivity (Wildman–Crippen MR) is 85.8 cm³/mol. The molecule has 0 spiro atoms. The van der Waals surface area contributed by atoms with Gasteiger partial charge in [-0.25, -0.2) is 0 Å². The van der Waals surface area contributed by atoms with E-state index >= 15 is 0 Å². The molecule has 0 aliphatic carbocycles. The highest BCUT2D eigenvalue weighted by Gasteiger charge is 2.22. The third-order valence-corrected chi connectivity index (χ3v) is 3.83. The van der Waals surface area contributed by atoms with E-state index in [-0.39, 0.29) is 36.9 Å². The zero-order chi connectivity index (χ0) is 14.8. The van der Waals surface area contributed by atoms with E-state index in [1.54, 1.807) is 18.2 Å². The van der Waals surface area contributed by atoms with Crippen LogP contribution in [0.2, 0.25) is 0 Å². The van der Waals surface area contributed by atoms with Crippen LogP contribution in [0.4, 0.5) is 5.69 Å². The van der Waals surface area contributed by atoms with Crippen molar-refractivity contribution in [1.82, 2.24) is 10.6 Å². The second-order valence-electron chi connectivity index (χ2n) is 5.60. The van der Waals surface area contributed by atoms with Crippen molar-refractivity contribution in [1.29, 1.82) is 0 Å². The number of carbonyl (C=O) groups is 2. The first-order valence-corrected chi connectivity index (χ1v) is 7.23. The monoisotopic (exact) mass is 325 g/mol. The summed E-state index contributed by atoms with van der Waals surface area (Å²) in [5.74, 6) is 0.283. The lowest BCUT2D eigenvalue weighted by atomic mass is 10.00. The number of hydrogen-bond acceptors (Lipinski definition) is 4. The van der Waals surface area contributed by atoms with E-state index in [1.807, 2.05) is 0 Å². The molecule has 22 heavy (non-hydrogen) atoms. The molecule has 1 saturated heterocycles. The molecule has 2 aliphatic rings. The van der Waals surface area contributed by atoms with E-state index in [1.165, 1.54) is 0 Å². The summed E-state index contributed by atoms with van der Waals surface area (Å²) in [7, 11) is 0. The van der Waals surface area contributed by atoms with Gasteiger partial charge in [0.1, 0.15) is 5.75 Å². The highest BCUT2D eigenvalue weighted by molar-refractivity contribution is 5.99. The van der Waals surface area contributed by atoms with E-state index in [0.717, 1.165) is 19.4 Å². The summed E-state index contributed by atoms with van der Waals surface area (Å²) in [6, 6.07) is 5.70. The quantitative estimate of drug-likeness (QED) is 0.766. The molecule has 2 atom stereocenters. The molecular weight excluding hydrogens is 306 g/mol. The molecule has 1 aromatic rings. The fourth-order valence-electron chi connectivity index (χ4n) is 2.76. The Morgan fingerprint density at radius 1 is 1.41 bits per heavy atom. The van der Waals surface area contributed by atoms with Gasteiger partial charge in [-0.1, -0.05) is 0 Å². The molecule has 120 valence electrons. The zero-order valence-electron chi connectivity index (χ0n) is 12.3. The highest BCUT2D eigenvalue weighted by Crippen LogP contribution is 2.28. The molecular formula is C15H20ClN3O3. The molecule has 6 nitrogen and oxygen atoms in total. The molecule has 0 saturated carbocycles. The minimum Gasteiger partial charge on any atom is -0.482 e. The Kier molecular flexibility index (Phi) is 5.26. The third-order valence-electron chi connectivity index (χ3n) is 3.83. The number of anilines is 1. The van der Waals surface area contributed by atoms with Crippen LogP contribution in [-0.2, 0) is 4.79 Å². The molecule has 0 radical (unpaired) electrons.